The van der Waals surface area contributed by atoms with E-state index in [4.69, 9.17) is 0 Å². The highest BCUT2D eigenvalue weighted by Crippen LogP contribution is 2.52. The lowest BCUT2D eigenvalue weighted by molar-refractivity contribution is 0.0396. The molecule has 0 aromatic rings. The average molecular weight is 222 g/mol. The summed E-state index contributed by atoms with van der Waals surface area (Å²) in [5, 5.41) is 10.5. The first-order valence-electron chi connectivity index (χ1n) is 6.75. The third kappa shape index (κ3) is 1.73. The quantitative estimate of drug-likeness (QED) is 0.669. The summed E-state index contributed by atoms with van der Waals surface area (Å²) in [7, 11) is 0. The van der Waals surface area contributed by atoms with Gasteiger partial charge in [-0.15, -0.1) is 0 Å². The molecule has 92 valence electrons. The molecule has 1 fully saturated rings. The molecular weight excluding hydrogens is 196 g/mol. The first-order valence-corrected chi connectivity index (χ1v) is 6.75. The summed E-state index contributed by atoms with van der Waals surface area (Å²) in [4.78, 5) is 0. The van der Waals surface area contributed by atoms with E-state index in [2.05, 4.69) is 34.6 Å². The molecule has 3 atom stereocenters. The van der Waals surface area contributed by atoms with E-state index < -0.39 is 0 Å². The van der Waals surface area contributed by atoms with Crippen molar-refractivity contribution in [2.24, 2.45) is 23.2 Å². The monoisotopic (exact) mass is 222 g/mol. The van der Waals surface area contributed by atoms with E-state index in [1.807, 2.05) is 0 Å². The van der Waals surface area contributed by atoms with Crippen molar-refractivity contribution in [3.8, 4) is 0 Å². The molecular formula is C15H26O. The second-order valence-corrected chi connectivity index (χ2v) is 6.85. The van der Waals surface area contributed by atoms with Crippen LogP contribution >= 0.6 is 0 Å². The van der Waals surface area contributed by atoms with E-state index in [0.717, 1.165) is 11.8 Å². The molecule has 1 nitrogen and oxygen atoms in total. The molecule has 1 N–H and O–H groups in total. The zero-order chi connectivity index (χ0) is 12.1. The van der Waals surface area contributed by atoms with Gasteiger partial charge in [0.2, 0.25) is 0 Å². The summed E-state index contributed by atoms with van der Waals surface area (Å²) in [6, 6.07) is 0. The largest absolute Gasteiger partial charge is 0.388 e. The number of aliphatic hydroxyl groups excluding tert-OH is 1. The van der Waals surface area contributed by atoms with Crippen LogP contribution in [0.4, 0.5) is 0 Å². The van der Waals surface area contributed by atoms with Crippen LogP contribution in [0.2, 0.25) is 0 Å². The first-order chi connectivity index (χ1) is 7.34. The third-order valence-corrected chi connectivity index (χ3v) is 4.78. The van der Waals surface area contributed by atoms with Gasteiger partial charge in [0.15, 0.2) is 0 Å². The van der Waals surface area contributed by atoms with Gasteiger partial charge >= 0.3 is 0 Å². The number of aliphatic hydroxyl groups is 1. The van der Waals surface area contributed by atoms with E-state index in [1.54, 1.807) is 5.57 Å². The number of allylic oxidation sites excluding steroid dienone is 1. The lowest BCUT2D eigenvalue weighted by Gasteiger charge is -2.43. The molecule has 0 radical (unpaired) electrons. The van der Waals surface area contributed by atoms with E-state index in [0.29, 0.717) is 5.92 Å². The molecule has 1 saturated carbocycles. The summed E-state index contributed by atoms with van der Waals surface area (Å²) in [6.45, 7) is 11.3. The fourth-order valence-corrected chi connectivity index (χ4v) is 3.76. The highest BCUT2D eigenvalue weighted by molar-refractivity contribution is 5.31. The molecule has 0 aliphatic heterocycles. The molecule has 0 aromatic heterocycles. The molecule has 1 heteroatoms. The Labute approximate surface area is 99.9 Å². The Kier molecular flexibility index (Phi) is 2.94. The Morgan fingerprint density at radius 1 is 1.31 bits per heavy atom. The summed E-state index contributed by atoms with van der Waals surface area (Å²) in [6.07, 6.45) is 3.50. The predicted molar refractivity (Wildman–Crippen MR) is 68.2 cm³/mol. The zero-order valence-electron chi connectivity index (χ0n) is 11.4. The fraction of sp³-hybridized carbons (Fsp3) is 0.867. The molecule has 2 rings (SSSR count). The lowest BCUT2D eigenvalue weighted by atomic mass is 9.64. The maximum atomic E-state index is 10.5. The summed E-state index contributed by atoms with van der Waals surface area (Å²) >= 11 is 0. The fourth-order valence-electron chi connectivity index (χ4n) is 3.76. The van der Waals surface area contributed by atoms with Gasteiger partial charge in [-0.25, -0.2) is 0 Å². The number of hydrogen-bond acceptors (Lipinski definition) is 1. The second-order valence-electron chi connectivity index (χ2n) is 6.85. The van der Waals surface area contributed by atoms with Crippen molar-refractivity contribution in [2.75, 3.05) is 0 Å². The van der Waals surface area contributed by atoms with E-state index >= 15 is 0 Å². The van der Waals surface area contributed by atoms with Crippen LogP contribution in [0, 0.1) is 23.2 Å². The Morgan fingerprint density at radius 2 is 1.94 bits per heavy atom. The van der Waals surface area contributed by atoms with Crippen LogP contribution in [-0.4, -0.2) is 11.2 Å². The molecule has 0 bridgehead atoms. The highest BCUT2D eigenvalue weighted by atomic mass is 16.3. The molecule has 0 amide bonds. The van der Waals surface area contributed by atoms with Gasteiger partial charge in [0.05, 0.1) is 6.10 Å². The smallest absolute Gasteiger partial charge is 0.0806 e. The first kappa shape index (κ1) is 12.2. The Morgan fingerprint density at radius 3 is 2.50 bits per heavy atom. The van der Waals surface area contributed by atoms with Gasteiger partial charge in [0, 0.05) is 0 Å². The minimum Gasteiger partial charge on any atom is -0.388 e. The molecule has 0 heterocycles. The summed E-state index contributed by atoms with van der Waals surface area (Å²) in [5.41, 5.74) is 3.03. The van der Waals surface area contributed by atoms with Crippen molar-refractivity contribution in [3.63, 3.8) is 0 Å². The van der Waals surface area contributed by atoms with Crippen LogP contribution in [0.25, 0.3) is 0 Å². The van der Waals surface area contributed by atoms with Crippen LogP contribution in [0.1, 0.15) is 53.9 Å². The van der Waals surface area contributed by atoms with Gasteiger partial charge in [-0.3, -0.25) is 0 Å². The van der Waals surface area contributed by atoms with E-state index in [-0.39, 0.29) is 11.5 Å². The Bertz CT molecular complexity index is 311. The molecule has 2 aliphatic rings. The van der Waals surface area contributed by atoms with Crippen molar-refractivity contribution in [1.82, 2.24) is 0 Å². The molecule has 0 aromatic carbocycles. The summed E-state index contributed by atoms with van der Waals surface area (Å²) < 4.78 is 0. The maximum absolute atomic E-state index is 10.5. The van der Waals surface area contributed by atoms with Gasteiger partial charge in [-0.2, -0.15) is 0 Å². The van der Waals surface area contributed by atoms with Crippen molar-refractivity contribution < 1.29 is 5.11 Å². The highest BCUT2D eigenvalue weighted by Gasteiger charge is 2.45. The predicted octanol–water partition coefficient (Wildman–Crippen LogP) is 3.78. The van der Waals surface area contributed by atoms with Gasteiger partial charge < -0.3 is 5.11 Å². The summed E-state index contributed by atoms with van der Waals surface area (Å²) in [5.74, 6) is 2.06. The Hall–Kier alpha value is -0.300. The van der Waals surface area contributed by atoms with E-state index in [9.17, 15) is 5.11 Å². The molecule has 3 unspecified atom stereocenters. The standard InChI is InChI=1S/C15H26O/c1-9(2)13-11-7-6-10(3)12(11)8-15(4,5)14(13)16/h9-10,12,14,16H,6-8H2,1-5H3. The van der Waals surface area contributed by atoms with Crippen molar-refractivity contribution in [3.05, 3.63) is 11.1 Å². The van der Waals surface area contributed by atoms with Crippen molar-refractivity contribution >= 4 is 0 Å². The number of hydrogen-bond donors (Lipinski definition) is 1. The van der Waals surface area contributed by atoms with Crippen LogP contribution in [0.5, 0.6) is 0 Å². The van der Waals surface area contributed by atoms with Crippen LogP contribution < -0.4 is 0 Å². The molecule has 2 aliphatic carbocycles. The van der Waals surface area contributed by atoms with Gasteiger partial charge in [0.1, 0.15) is 0 Å². The van der Waals surface area contributed by atoms with Gasteiger partial charge in [0.25, 0.3) is 0 Å². The van der Waals surface area contributed by atoms with Crippen LogP contribution in [-0.2, 0) is 0 Å². The molecule has 0 saturated heterocycles. The van der Waals surface area contributed by atoms with Gasteiger partial charge in [-0.05, 0) is 48.0 Å². The van der Waals surface area contributed by atoms with E-state index in [1.165, 1.54) is 24.8 Å². The van der Waals surface area contributed by atoms with Crippen LogP contribution in [0.3, 0.4) is 0 Å². The third-order valence-electron chi connectivity index (χ3n) is 4.78. The Balaban J connectivity index is 2.45. The molecule has 16 heavy (non-hydrogen) atoms. The second kappa shape index (κ2) is 3.87. The molecule has 0 spiro atoms. The van der Waals surface area contributed by atoms with Crippen molar-refractivity contribution in [1.29, 1.82) is 0 Å². The average Bonchev–Trinajstić information content (AvgIpc) is 2.48. The number of fused-ring (bicyclic) bond motifs is 1. The lowest BCUT2D eigenvalue weighted by Crippen LogP contribution is -2.40. The maximum Gasteiger partial charge on any atom is 0.0806 e. The SMILES string of the molecule is CC(C)C1=C2CCC(C)C2CC(C)(C)C1O. The number of rotatable bonds is 1. The van der Waals surface area contributed by atoms with Crippen LogP contribution in [0.15, 0.2) is 11.1 Å². The normalized spacial score (nSPS) is 38.1. The zero-order valence-corrected chi connectivity index (χ0v) is 11.4. The minimum atomic E-state index is -0.218. The van der Waals surface area contributed by atoms with Gasteiger partial charge in [-0.1, -0.05) is 40.2 Å². The van der Waals surface area contributed by atoms with Crippen molar-refractivity contribution in [2.45, 2.75) is 60.0 Å². The topological polar surface area (TPSA) is 20.2 Å². The minimum absolute atomic E-state index is 0.0619.